The van der Waals surface area contributed by atoms with E-state index in [0.29, 0.717) is 23.2 Å². The average Bonchev–Trinajstić information content (AvgIpc) is 3.67. The second-order valence-electron chi connectivity index (χ2n) is 11.4. The third kappa shape index (κ3) is 4.69. The van der Waals surface area contributed by atoms with E-state index in [1.54, 1.807) is 18.2 Å². The number of fused-ring (bicyclic) bond motifs is 3. The Labute approximate surface area is 227 Å². The van der Waals surface area contributed by atoms with Crippen LogP contribution in [0.4, 0.5) is 4.39 Å². The van der Waals surface area contributed by atoms with Crippen LogP contribution in [0.5, 0.6) is 5.75 Å². The molecule has 200 valence electrons. The number of H-pyrrole nitrogens is 1. The van der Waals surface area contributed by atoms with Crippen LogP contribution in [0.25, 0.3) is 22.2 Å². The van der Waals surface area contributed by atoms with Gasteiger partial charge in [-0.2, -0.15) is 5.10 Å². The number of nitrogens with zero attached hydrogens (tertiary/aromatic N) is 2. The first-order chi connectivity index (χ1) is 19.0. The van der Waals surface area contributed by atoms with Crippen molar-refractivity contribution in [1.82, 2.24) is 20.4 Å². The molecular formula is C32H33FN4O2. The van der Waals surface area contributed by atoms with Crippen LogP contribution in [0.15, 0.2) is 66.7 Å². The van der Waals surface area contributed by atoms with Gasteiger partial charge in [0.2, 0.25) is 0 Å². The normalized spacial score (nSPS) is 23.6. The van der Waals surface area contributed by atoms with Gasteiger partial charge in [0.05, 0.1) is 17.3 Å². The van der Waals surface area contributed by atoms with Gasteiger partial charge in [-0.15, -0.1) is 0 Å². The molecule has 2 aliphatic heterocycles. The van der Waals surface area contributed by atoms with Crippen molar-refractivity contribution in [2.45, 2.75) is 62.8 Å². The smallest absolute Gasteiger partial charge is 0.251 e. The van der Waals surface area contributed by atoms with Crippen LogP contribution in [-0.4, -0.2) is 46.2 Å². The molecule has 2 N–H and O–H groups in total. The second-order valence-corrected chi connectivity index (χ2v) is 11.4. The topological polar surface area (TPSA) is 70.2 Å². The van der Waals surface area contributed by atoms with E-state index in [1.165, 1.54) is 18.9 Å². The molecule has 1 saturated carbocycles. The quantitative estimate of drug-likeness (QED) is 0.300. The summed E-state index contributed by atoms with van der Waals surface area (Å²) in [4.78, 5) is 15.8. The number of halogens is 1. The van der Waals surface area contributed by atoms with Gasteiger partial charge in [-0.25, -0.2) is 4.39 Å². The van der Waals surface area contributed by atoms with Crippen molar-refractivity contribution < 1.29 is 13.9 Å². The van der Waals surface area contributed by atoms with Crippen molar-refractivity contribution in [3.63, 3.8) is 0 Å². The van der Waals surface area contributed by atoms with Crippen molar-refractivity contribution in [3.05, 3.63) is 83.7 Å². The summed E-state index contributed by atoms with van der Waals surface area (Å²) in [7, 11) is 2.24. The van der Waals surface area contributed by atoms with E-state index in [9.17, 15) is 9.18 Å². The predicted octanol–water partition coefficient (Wildman–Crippen LogP) is 6.25. The first-order valence-corrected chi connectivity index (χ1v) is 14.1. The molecule has 3 heterocycles. The van der Waals surface area contributed by atoms with E-state index in [4.69, 9.17) is 4.74 Å². The summed E-state index contributed by atoms with van der Waals surface area (Å²) in [5.41, 5.74) is 3.68. The minimum absolute atomic E-state index is 0.208. The number of rotatable bonds is 7. The highest BCUT2D eigenvalue weighted by molar-refractivity contribution is 6.01. The maximum Gasteiger partial charge on any atom is 0.251 e. The van der Waals surface area contributed by atoms with Crippen molar-refractivity contribution in [1.29, 1.82) is 0 Å². The molecule has 0 spiro atoms. The summed E-state index contributed by atoms with van der Waals surface area (Å²) >= 11 is 0. The standard InChI is InChI=1S/C32H33FN4O2/c1-37-22-11-12-23(37)18-25(17-22)39-24-13-8-20(9-14-24)31-27-16-21(10-15-29(27)35-36-31)32(38)34-30(19-6-7-19)26-4-2-3-5-28(26)33/h2-5,8-10,13-16,19,22-23,25,30H,6-7,11-12,17-18H2,1H3,(H,34,38)(H,35,36). The lowest BCUT2D eigenvalue weighted by molar-refractivity contribution is 0.0662. The number of hydrogen-bond acceptors (Lipinski definition) is 4. The van der Waals surface area contributed by atoms with Gasteiger partial charge < -0.3 is 15.0 Å². The Morgan fingerprint density at radius 2 is 1.77 bits per heavy atom. The van der Waals surface area contributed by atoms with E-state index in [2.05, 4.69) is 27.5 Å². The van der Waals surface area contributed by atoms with E-state index in [1.807, 2.05) is 42.5 Å². The summed E-state index contributed by atoms with van der Waals surface area (Å²) < 4.78 is 20.9. The number of benzene rings is 3. The summed E-state index contributed by atoms with van der Waals surface area (Å²) in [6.07, 6.45) is 6.96. The zero-order chi connectivity index (χ0) is 26.5. The highest BCUT2D eigenvalue weighted by atomic mass is 19.1. The Bertz CT molecular complexity index is 1500. The molecule has 4 aromatic rings. The highest BCUT2D eigenvalue weighted by Gasteiger charge is 2.39. The minimum Gasteiger partial charge on any atom is -0.490 e. The fraction of sp³-hybridized carbons (Fsp3) is 0.375. The highest BCUT2D eigenvalue weighted by Crippen LogP contribution is 2.42. The first-order valence-electron chi connectivity index (χ1n) is 14.1. The lowest BCUT2D eigenvalue weighted by atomic mass is 10.00. The number of amides is 1. The van der Waals surface area contributed by atoms with Crippen molar-refractivity contribution in [3.8, 4) is 17.0 Å². The van der Waals surface area contributed by atoms with E-state index >= 15 is 0 Å². The first kappa shape index (κ1) is 24.3. The Kier molecular flexibility index (Phi) is 6.11. The van der Waals surface area contributed by atoms with E-state index in [0.717, 1.165) is 53.6 Å². The van der Waals surface area contributed by atoms with Gasteiger partial charge in [-0.05, 0) is 100 Å². The van der Waals surface area contributed by atoms with Crippen LogP contribution >= 0.6 is 0 Å². The third-order valence-corrected chi connectivity index (χ3v) is 8.93. The zero-order valence-corrected chi connectivity index (χ0v) is 22.1. The second kappa shape index (κ2) is 9.79. The van der Waals surface area contributed by atoms with Gasteiger partial charge in [0, 0.05) is 34.2 Å². The lowest BCUT2D eigenvalue weighted by Crippen LogP contribution is -2.43. The predicted molar refractivity (Wildman–Crippen MR) is 149 cm³/mol. The SMILES string of the molecule is CN1C2CCC1CC(Oc1ccc(-c3n[nH]c4ccc(C(=O)NC(c5ccccc5F)C5CC5)cc34)cc1)C2. The molecule has 1 amide bonds. The third-order valence-electron chi connectivity index (χ3n) is 8.93. The van der Waals surface area contributed by atoms with Crippen LogP contribution in [0.2, 0.25) is 0 Å². The van der Waals surface area contributed by atoms with Crippen LogP contribution in [0.1, 0.15) is 60.5 Å². The van der Waals surface area contributed by atoms with Crippen LogP contribution in [0, 0.1) is 11.7 Å². The number of carbonyl (C=O) groups excluding carboxylic acids is 1. The van der Waals surface area contributed by atoms with Crippen LogP contribution in [0.3, 0.4) is 0 Å². The number of aromatic nitrogens is 2. The molecule has 3 aliphatic rings. The Morgan fingerprint density at radius 1 is 1.03 bits per heavy atom. The minimum atomic E-state index is -0.328. The van der Waals surface area contributed by atoms with E-state index in [-0.39, 0.29) is 29.8 Å². The van der Waals surface area contributed by atoms with E-state index < -0.39 is 0 Å². The molecule has 3 fully saturated rings. The lowest BCUT2D eigenvalue weighted by Gasteiger charge is -2.36. The number of aromatic amines is 1. The average molecular weight is 525 g/mol. The monoisotopic (exact) mass is 524 g/mol. The number of carbonyl (C=O) groups is 1. The summed E-state index contributed by atoms with van der Waals surface area (Å²) in [5.74, 6) is 0.661. The van der Waals surface area contributed by atoms with Gasteiger partial charge in [-0.1, -0.05) is 18.2 Å². The Morgan fingerprint density at radius 3 is 2.49 bits per heavy atom. The molecule has 0 radical (unpaired) electrons. The number of piperidine rings is 1. The molecule has 3 aromatic carbocycles. The molecule has 3 atom stereocenters. The van der Waals surface area contributed by atoms with Gasteiger partial charge >= 0.3 is 0 Å². The van der Waals surface area contributed by atoms with Gasteiger partial charge in [-0.3, -0.25) is 9.89 Å². The van der Waals surface area contributed by atoms with Crippen LogP contribution in [-0.2, 0) is 0 Å². The zero-order valence-electron chi connectivity index (χ0n) is 22.1. The maximum absolute atomic E-state index is 14.5. The van der Waals surface area contributed by atoms with Crippen molar-refractivity contribution in [2.24, 2.45) is 5.92 Å². The summed E-state index contributed by atoms with van der Waals surface area (Å²) in [6, 6.07) is 21.3. The fourth-order valence-electron chi connectivity index (χ4n) is 6.55. The molecule has 2 bridgehead atoms. The number of nitrogens with one attached hydrogen (secondary N) is 2. The summed E-state index contributed by atoms with van der Waals surface area (Å²) in [5, 5.41) is 11.6. The number of ether oxygens (including phenoxy) is 1. The molecule has 6 nitrogen and oxygen atoms in total. The van der Waals surface area contributed by atoms with Gasteiger partial charge in [0.25, 0.3) is 5.91 Å². The summed E-state index contributed by atoms with van der Waals surface area (Å²) in [6.45, 7) is 0. The number of hydrogen-bond donors (Lipinski definition) is 2. The molecule has 1 aromatic heterocycles. The molecule has 3 unspecified atom stereocenters. The molecule has 1 aliphatic carbocycles. The molecule has 7 rings (SSSR count). The molecule has 2 saturated heterocycles. The Balaban J connectivity index is 1.09. The van der Waals surface area contributed by atoms with Crippen molar-refractivity contribution in [2.75, 3.05) is 7.05 Å². The molecule has 7 heteroatoms. The molecular weight excluding hydrogens is 491 g/mol. The van der Waals surface area contributed by atoms with Gasteiger partial charge in [0.1, 0.15) is 17.7 Å². The van der Waals surface area contributed by atoms with Gasteiger partial charge in [0.15, 0.2) is 0 Å². The largest absolute Gasteiger partial charge is 0.490 e. The Hall–Kier alpha value is -3.71. The maximum atomic E-state index is 14.5. The molecule has 39 heavy (non-hydrogen) atoms. The van der Waals surface area contributed by atoms with Crippen LogP contribution < -0.4 is 10.1 Å². The van der Waals surface area contributed by atoms with Crippen molar-refractivity contribution >= 4 is 16.8 Å². The fourth-order valence-corrected chi connectivity index (χ4v) is 6.55.